The summed E-state index contributed by atoms with van der Waals surface area (Å²) in [6.45, 7) is -0.0584. The number of benzene rings is 2. The van der Waals surface area contributed by atoms with Crippen molar-refractivity contribution in [2.24, 2.45) is 5.92 Å². The van der Waals surface area contributed by atoms with E-state index in [4.69, 9.17) is 29.0 Å². The van der Waals surface area contributed by atoms with Gasteiger partial charge < -0.3 is 34.5 Å². The Kier molecular flexibility index (Phi) is 11.7. The molecule has 17 nitrogen and oxygen atoms in total. The van der Waals surface area contributed by atoms with Crippen LogP contribution in [-0.2, 0) is 29.1 Å². The van der Waals surface area contributed by atoms with E-state index < -0.39 is 68.7 Å². The molecule has 0 bridgehead atoms. The zero-order chi connectivity index (χ0) is 43.9. The maximum absolute atomic E-state index is 14.8. The minimum Gasteiger partial charge on any atom is -0.497 e. The van der Waals surface area contributed by atoms with Gasteiger partial charge in [-0.1, -0.05) is 31.1 Å². The van der Waals surface area contributed by atoms with Gasteiger partial charge in [0.25, 0.3) is 5.91 Å². The van der Waals surface area contributed by atoms with E-state index >= 15 is 0 Å². The van der Waals surface area contributed by atoms with Crippen LogP contribution in [-0.4, -0.2) is 108 Å². The molecule has 1 saturated heterocycles. The molecule has 9 rings (SSSR count). The highest BCUT2D eigenvalue weighted by molar-refractivity contribution is 7.91. The molecule has 63 heavy (non-hydrogen) atoms. The molecule has 0 radical (unpaired) electrons. The van der Waals surface area contributed by atoms with Crippen LogP contribution in [0.25, 0.3) is 27.8 Å². The first kappa shape index (κ1) is 42.4. The predicted molar refractivity (Wildman–Crippen MR) is 231 cm³/mol. The quantitative estimate of drug-likeness (QED) is 0.181. The van der Waals surface area contributed by atoms with E-state index in [1.54, 1.807) is 30.9 Å². The third-order valence-corrected chi connectivity index (χ3v) is 14.8. The Bertz CT molecular complexity index is 2550. The second kappa shape index (κ2) is 17.3. The van der Waals surface area contributed by atoms with Gasteiger partial charge in [0.15, 0.2) is 5.65 Å². The molecule has 3 N–H and O–H groups in total. The molecule has 4 aromatic rings. The van der Waals surface area contributed by atoms with E-state index in [0.717, 1.165) is 44.1 Å². The Morgan fingerprint density at radius 1 is 0.921 bits per heavy atom. The summed E-state index contributed by atoms with van der Waals surface area (Å²) in [4.78, 5) is 63.2. The number of ether oxygens (including phenoxy) is 4. The molecule has 4 amide bonds. The van der Waals surface area contributed by atoms with Gasteiger partial charge in [-0.15, -0.1) is 0 Å². The lowest BCUT2D eigenvalue weighted by molar-refractivity contribution is -0.141. The minimum atomic E-state index is -3.93. The number of allylic oxidation sites excluding steroid dienone is 1. The number of methoxy groups -OCH3 is 2. The van der Waals surface area contributed by atoms with E-state index in [1.165, 1.54) is 4.90 Å². The number of alkyl carbamates (subject to hydrolysis) is 1. The Morgan fingerprint density at radius 3 is 2.44 bits per heavy atom. The van der Waals surface area contributed by atoms with Crippen molar-refractivity contribution in [2.75, 3.05) is 20.8 Å². The highest BCUT2D eigenvalue weighted by atomic mass is 32.2. The molecular weight excluding hydrogens is 831 g/mol. The van der Waals surface area contributed by atoms with Gasteiger partial charge in [-0.3, -0.25) is 19.1 Å². The van der Waals surface area contributed by atoms with Crippen LogP contribution >= 0.6 is 0 Å². The lowest BCUT2D eigenvalue weighted by Crippen LogP contribution is -2.58. The van der Waals surface area contributed by atoms with Crippen LogP contribution < -0.4 is 29.6 Å². The largest absolute Gasteiger partial charge is 0.497 e. The van der Waals surface area contributed by atoms with Crippen molar-refractivity contribution >= 4 is 50.4 Å². The van der Waals surface area contributed by atoms with Gasteiger partial charge in [-0.25, -0.2) is 18.2 Å². The number of nitrogens with zero attached hydrogens (tertiary/aromatic N) is 4. The van der Waals surface area contributed by atoms with Gasteiger partial charge in [0.05, 0.1) is 37.1 Å². The monoisotopic (exact) mass is 883 g/mol. The summed E-state index contributed by atoms with van der Waals surface area (Å²) in [6, 6.07) is 12.5. The van der Waals surface area contributed by atoms with Crippen molar-refractivity contribution < 1.29 is 46.5 Å². The summed E-state index contributed by atoms with van der Waals surface area (Å²) in [5, 5.41) is 10.7. The number of nitrogens with one attached hydrogen (secondary N) is 3. The molecule has 2 aromatic heterocycles. The molecule has 18 heteroatoms. The zero-order valence-corrected chi connectivity index (χ0v) is 36.2. The van der Waals surface area contributed by atoms with E-state index in [9.17, 15) is 27.6 Å². The molecule has 0 spiro atoms. The van der Waals surface area contributed by atoms with Crippen molar-refractivity contribution in [1.29, 1.82) is 0 Å². The normalized spacial score (nSPS) is 26.2. The maximum atomic E-state index is 14.8. The van der Waals surface area contributed by atoms with E-state index in [-0.39, 0.29) is 31.4 Å². The van der Waals surface area contributed by atoms with Crippen LogP contribution in [0.4, 0.5) is 4.79 Å². The van der Waals surface area contributed by atoms with Gasteiger partial charge in [-0.2, -0.15) is 9.61 Å². The van der Waals surface area contributed by atoms with Gasteiger partial charge in [0, 0.05) is 24.0 Å². The van der Waals surface area contributed by atoms with Crippen LogP contribution in [0, 0.1) is 5.92 Å². The van der Waals surface area contributed by atoms with Gasteiger partial charge in [-0.05, 0) is 101 Å². The first-order valence-corrected chi connectivity index (χ1v) is 23.5. The summed E-state index contributed by atoms with van der Waals surface area (Å²) in [5.41, 5.74) is 0.842. The standard InChI is InChI=1S/C45H53N7O10S/c1-59-29-19-17-27(18-20-29)35-24-38(52-40(46-35)33-14-10-16-37(60-2)39(33)49-52)61-31-23-36-41(53)48-45(43(55)50-63(57,58)32-21-22-32)25-28(45)11-6-4-3-5-7-15-34(42(54)51(36)26-31)47-44(56)62-30-12-8-9-13-30/h6,10-11,14,16-20,24,28,30-32,34,36H,3-5,7-9,12-13,15,21-23,25-26H2,1-2H3,(H,47,56)(H,48,53)(H,50,55)/b11-6-/t28-,31-,34+,36+,45-/m1/s1. The van der Waals surface area contributed by atoms with Gasteiger partial charge in [0.1, 0.15) is 46.8 Å². The van der Waals surface area contributed by atoms with Crippen molar-refractivity contribution in [2.45, 2.75) is 119 Å². The summed E-state index contributed by atoms with van der Waals surface area (Å²) >= 11 is 0. The van der Waals surface area contributed by atoms with Gasteiger partial charge >= 0.3 is 6.09 Å². The molecule has 4 fully saturated rings. The number of aromatic nitrogens is 3. The highest BCUT2D eigenvalue weighted by Crippen LogP contribution is 2.46. The van der Waals surface area contributed by atoms with E-state index in [0.29, 0.717) is 65.8 Å². The molecule has 3 saturated carbocycles. The summed E-state index contributed by atoms with van der Waals surface area (Å²) in [7, 11) is -0.777. The Labute approximate surface area is 365 Å². The topological polar surface area (TPSA) is 209 Å². The van der Waals surface area contributed by atoms with Crippen molar-refractivity contribution in [1.82, 2.24) is 34.9 Å². The lowest BCUT2D eigenvalue weighted by atomic mass is 10.0. The second-order valence-electron chi connectivity index (χ2n) is 17.3. The summed E-state index contributed by atoms with van der Waals surface area (Å²) < 4.78 is 53.4. The molecule has 4 heterocycles. The van der Waals surface area contributed by atoms with Crippen molar-refractivity contribution in [3.8, 4) is 28.6 Å². The molecule has 3 aliphatic carbocycles. The highest BCUT2D eigenvalue weighted by Gasteiger charge is 2.62. The SMILES string of the molecule is COc1ccc(-c2cc(O[C@@H]3C[C@H]4C(=O)N[C@]5(C(=O)NS(=O)(=O)C6CC6)C[C@H]5/C=C\CCCCC[C@H](NC(=O)OC5CCCC5)C(=O)N4C3)n3nc4c(OC)cccc4c3n2)cc1. The van der Waals surface area contributed by atoms with Crippen molar-refractivity contribution in [3.05, 3.63) is 60.7 Å². The van der Waals surface area contributed by atoms with Crippen molar-refractivity contribution in [3.63, 3.8) is 0 Å². The number of amides is 4. The van der Waals surface area contributed by atoms with E-state index in [2.05, 4.69) is 15.4 Å². The zero-order valence-electron chi connectivity index (χ0n) is 35.4. The number of rotatable bonds is 10. The van der Waals surface area contributed by atoms with Crippen LogP contribution in [0.1, 0.15) is 83.5 Å². The Hall–Kier alpha value is -5.91. The van der Waals surface area contributed by atoms with Crippen LogP contribution in [0.2, 0.25) is 0 Å². The molecule has 334 valence electrons. The fourth-order valence-corrected chi connectivity index (χ4v) is 10.5. The third-order valence-electron chi connectivity index (χ3n) is 12.9. The average Bonchev–Trinajstić information content (AvgIpc) is 4.09. The molecule has 2 aliphatic heterocycles. The number of carbonyl (C=O) groups excluding carboxylic acids is 4. The Morgan fingerprint density at radius 2 is 1.70 bits per heavy atom. The predicted octanol–water partition coefficient (Wildman–Crippen LogP) is 4.96. The van der Waals surface area contributed by atoms with Crippen LogP contribution in [0.5, 0.6) is 17.4 Å². The first-order chi connectivity index (χ1) is 30.5. The number of sulfonamides is 1. The first-order valence-electron chi connectivity index (χ1n) is 22.0. The fourth-order valence-electron chi connectivity index (χ4n) is 9.16. The van der Waals surface area contributed by atoms with Crippen LogP contribution in [0.15, 0.2) is 60.7 Å². The number of carbonyl (C=O) groups is 4. The van der Waals surface area contributed by atoms with Crippen LogP contribution in [0.3, 0.4) is 0 Å². The summed E-state index contributed by atoms with van der Waals surface area (Å²) in [6.07, 6.45) is 9.83. The summed E-state index contributed by atoms with van der Waals surface area (Å²) in [5.74, 6) is -0.896. The molecule has 2 aromatic carbocycles. The number of fused-ring (bicyclic) bond motifs is 5. The van der Waals surface area contributed by atoms with E-state index in [1.807, 2.05) is 48.6 Å². The molecular formula is C45H53N7O10S. The second-order valence-corrected chi connectivity index (χ2v) is 19.3. The minimum absolute atomic E-state index is 0.00118. The molecule has 5 atom stereocenters. The lowest BCUT2D eigenvalue weighted by Gasteiger charge is -2.30. The fraction of sp³-hybridized carbons (Fsp3) is 0.511. The molecule has 5 aliphatic rings. The average molecular weight is 884 g/mol. The smallest absolute Gasteiger partial charge is 0.408 e. The third kappa shape index (κ3) is 8.73. The van der Waals surface area contributed by atoms with Gasteiger partial charge in [0.2, 0.25) is 27.7 Å². The number of hydrogen-bond donors (Lipinski definition) is 3. The number of hydrogen-bond acceptors (Lipinski definition) is 12. The Balaban J connectivity index is 1.07. The maximum Gasteiger partial charge on any atom is 0.408 e. The molecule has 0 unspecified atom stereocenters.